The monoisotopic (exact) mass is 361 g/mol. The minimum absolute atomic E-state index is 0.0725. The van der Waals surface area contributed by atoms with Crippen LogP contribution in [0.1, 0.15) is 31.6 Å². The molecule has 112 valence electrons. The van der Waals surface area contributed by atoms with Crippen LogP contribution >= 0.6 is 27.3 Å². The molecule has 0 radical (unpaired) electrons. The van der Waals surface area contributed by atoms with E-state index in [2.05, 4.69) is 15.9 Å². The van der Waals surface area contributed by atoms with Gasteiger partial charge >= 0.3 is 5.97 Å². The number of rotatable bonds is 8. The summed E-state index contributed by atoms with van der Waals surface area (Å²) in [5.74, 6) is -0.760. The molecule has 0 unspecified atom stereocenters. The van der Waals surface area contributed by atoms with Gasteiger partial charge in [-0.3, -0.25) is 9.59 Å². The third kappa shape index (κ3) is 6.52. The van der Waals surface area contributed by atoms with Crippen molar-refractivity contribution in [3.05, 3.63) is 20.8 Å². The fraction of sp³-hybridized carbons (Fsp3) is 0.571. The highest BCUT2D eigenvalue weighted by atomic mass is 79.9. The number of nitrogens with zero attached hydrogens (tertiary/aromatic N) is 1. The molecule has 1 rings (SSSR count). The SMILES string of the molecule is CC(C)CN(CC(=O)O)C(=O)CCCc1ccc(Br)s1. The van der Waals surface area contributed by atoms with E-state index in [1.165, 1.54) is 9.78 Å². The van der Waals surface area contributed by atoms with E-state index in [-0.39, 0.29) is 18.4 Å². The van der Waals surface area contributed by atoms with Crippen LogP contribution in [0, 0.1) is 5.92 Å². The maximum absolute atomic E-state index is 12.1. The van der Waals surface area contributed by atoms with Gasteiger partial charge in [0.2, 0.25) is 5.91 Å². The van der Waals surface area contributed by atoms with Crippen LogP contribution in [0.2, 0.25) is 0 Å². The molecule has 0 aromatic carbocycles. The first-order valence-corrected chi connectivity index (χ1v) is 8.23. The number of aliphatic carboxylic acids is 1. The van der Waals surface area contributed by atoms with E-state index in [1.54, 1.807) is 11.3 Å². The van der Waals surface area contributed by atoms with Crippen molar-refractivity contribution in [1.82, 2.24) is 4.90 Å². The van der Waals surface area contributed by atoms with Crippen molar-refractivity contribution in [3.8, 4) is 0 Å². The van der Waals surface area contributed by atoms with Gasteiger partial charge in [-0.15, -0.1) is 11.3 Å². The molecule has 0 bridgehead atoms. The second-order valence-electron chi connectivity index (χ2n) is 5.12. The van der Waals surface area contributed by atoms with Crippen molar-refractivity contribution in [2.75, 3.05) is 13.1 Å². The lowest BCUT2D eigenvalue weighted by Crippen LogP contribution is -2.38. The lowest BCUT2D eigenvalue weighted by atomic mass is 10.1. The highest BCUT2D eigenvalue weighted by Crippen LogP contribution is 2.23. The van der Waals surface area contributed by atoms with Crippen molar-refractivity contribution in [1.29, 1.82) is 0 Å². The Bertz CT molecular complexity index is 459. The molecule has 1 amide bonds. The Hall–Kier alpha value is -0.880. The van der Waals surface area contributed by atoms with Gasteiger partial charge in [0.1, 0.15) is 6.54 Å². The van der Waals surface area contributed by atoms with Crippen LogP contribution in [-0.2, 0) is 16.0 Å². The fourth-order valence-corrected chi connectivity index (χ4v) is 3.44. The number of carboxylic acid groups (broad SMARTS) is 1. The van der Waals surface area contributed by atoms with E-state index < -0.39 is 5.97 Å². The molecule has 0 saturated heterocycles. The number of hydrogen-bond donors (Lipinski definition) is 1. The topological polar surface area (TPSA) is 57.6 Å². The molecule has 0 fully saturated rings. The Kier molecular flexibility index (Phi) is 7.23. The molecule has 1 aromatic rings. The molecule has 6 heteroatoms. The summed E-state index contributed by atoms with van der Waals surface area (Å²) in [5.41, 5.74) is 0. The van der Waals surface area contributed by atoms with Crippen molar-refractivity contribution >= 4 is 39.1 Å². The van der Waals surface area contributed by atoms with Crippen LogP contribution in [0.25, 0.3) is 0 Å². The van der Waals surface area contributed by atoms with E-state index in [4.69, 9.17) is 5.11 Å². The Labute approximate surface area is 131 Å². The van der Waals surface area contributed by atoms with E-state index >= 15 is 0 Å². The van der Waals surface area contributed by atoms with E-state index in [0.29, 0.717) is 13.0 Å². The average Bonchev–Trinajstić information content (AvgIpc) is 2.73. The molecule has 0 spiro atoms. The predicted molar refractivity (Wildman–Crippen MR) is 84.0 cm³/mol. The van der Waals surface area contributed by atoms with Crippen LogP contribution in [0.5, 0.6) is 0 Å². The summed E-state index contributed by atoms with van der Waals surface area (Å²) < 4.78 is 1.09. The molecule has 4 nitrogen and oxygen atoms in total. The van der Waals surface area contributed by atoms with Gasteiger partial charge in [-0.05, 0) is 46.8 Å². The standard InChI is InChI=1S/C14H20BrNO3S/c1-10(2)8-16(9-14(18)19)13(17)5-3-4-11-6-7-12(15)20-11/h6-7,10H,3-5,8-9H2,1-2H3,(H,18,19). The number of carbonyl (C=O) groups excluding carboxylic acids is 1. The summed E-state index contributed by atoms with van der Waals surface area (Å²) in [4.78, 5) is 25.5. The second-order valence-corrected chi connectivity index (χ2v) is 7.67. The third-order valence-corrected chi connectivity index (χ3v) is 4.39. The largest absolute Gasteiger partial charge is 0.480 e. The Morgan fingerprint density at radius 3 is 2.60 bits per heavy atom. The summed E-state index contributed by atoms with van der Waals surface area (Å²) in [7, 11) is 0. The van der Waals surface area contributed by atoms with Gasteiger partial charge in [-0.1, -0.05) is 13.8 Å². The van der Waals surface area contributed by atoms with Crippen molar-refractivity contribution in [3.63, 3.8) is 0 Å². The van der Waals surface area contributed by atoms with E-state index in [9.17, 15) is 9.59 Å². The average molecular weight is 362 g/mol. The number of carboxylic acids is 1. The predicted octanol–water partition coefficient (Wildman–Crippen LogP) is 3.40. The van der Waals surface area contributed by atoms with Gasteiger partial charge in [0, 0.05) is 17.8 Å². The highest BCUT2D eigenvalue weighted by Gasteiger charge is 2.17. The minimum atomic E-state index is -0.957. The molecule has 0 atom stereocenters. The van der Waals surface area contributed by atoms with Crippen LogP contribution in [0.15, 0.2) is 15.9 Å². The number of aryl methyl sites for hydroxylation is 1. The summed E-state index contributed by atoms with van der Waals surface area (Å²) >= 11 is 5.08. The Morgan fingerprint density at radius 2 is 2.10 bits per heavy atom. The molecule has 1 N–H and O–H groups in total. The summed E-state index contributed by atoms with van der Waals surface area (Å²) in [6.45, 7) is 4.24. The molecule has 0 aliphatic heterocycles. The van der Waals surface area contributed by atoms with Gasteiger partial charge in [0.05, 0.1) is 3.79 Å². The van der Waals surface area contributed by atoms with Gasteiger partial charge in [0.25, 0.3) is 0 Å². The number of halogens is 1. The normalized spacial score (nSPS) is 10.8. The zero-order chi connectivity index (χ0) is 15.1. The molecule has 20 heavy (non-hydrogen) atoms. The number of amides is 1. The molecular formula is C14H20BrNO3S. The second kappa shape index (κ2) is 8.42. The van der Waals surface area contributed by atoms with Crippen LogP contribution < -0.4 is 0 Å². The van der Waals surface area contributed by atoms with Gasteiger partial charge < -0.3 is 10.0 Å². The fourth-order valence-electron chi connectivity index (χ4n) is 1.92. The van der Waals surface area contributed by atoms with Crippen molar-refractivity contribution in [2.24, 2.45) is 5.92 Å². The van der Waals surface area contributed by atoms with Gasteiger partial charge in [0.15, 0.2) is 0 Å². The van der Waals surface area contributed by atoms with Crippen LogP contribution in [-0.4, -0.2) is 35.0 Å². The smallest absolute Gasteiger partial charge is 0.323 e. The summed E-state index contributed by atoms with van der Waals surface area (Å²) in [6, 6.07) is 4.04. The maximum Gasteiger partial charge on any atom is 0.323 e. The van der Waals surface area contributed by atoms with Crippen molar-refractivity contribution in [2.45, 2.75) is 33.1 Å². The lowest BCUT2D eigenvalue weighted by molar-refractivity contribution is -0.144. The first-order chi connectivity index (χ1) is 9.38. The molecule has 0 aliphatic rings. The number of thiophene rings is 1. The zero-order valence-electron chi connectivity index (χ0n) is 11.8. The first kappa shape index (κ1) is 17.2. The minimum Gasteiger partial charge on any atom is -0.480 e. The van der Waals surface area contributed by atoms with Crippen LogP contribution in [0.4, 0.5) is 0 Å². The first-order valence-electron chi connectivity index (χ1n) is 6.62. The Balaban J connectivity index is 2.42. The number of hydrogen-bond acceptors (Lipinski definition) is 3. The lowest BCUT2D eigenvalue weighted by Gasteiger charge is -2.22. The van der Waals surface area contributed by atoms with E-state index in [1.807, 2.05) is 26.0 Å². The molecular weight excluding hydrogens is 342 g/mol. The van der Waals surface area contributed by atoms with Gasteiger partial charge in [-0.2, -0.15) is 0 Å². The van der Waals surface area contributed by atoms with Crippen molar-refractivity contribution < 1.29 is 14.7 Å². The van der Waals surface area contributed by atoms with Crippen LogP contribution in [0.3, 0.4) is 0 Å². The Morgan fingerprint density at radius 1 is 1.40 bits per heavy atom. The summed E-state index contributed by atoms with van der Waals surface area (Å²) in [5, 5.41) is 8.85. The zero-order valence-corrected chi connectivity index (χ0v) is 14.2. The highest BCUT2D eigenvalue weighted by molar-refractivity contribution is 9.11. The summed E-state index contributed by atoms with van der Waals surface area (Å²) in [6.07, 6.45) is 2.00. The number of carbonyl (C=O) groups is 2. The van der Waals surface area contributed by atoms with Gasteiger partial charge in [-0.25, -0.2) is 0 Å². The molecule has 1 heterocycles. The quantitative estimate of drug-likeness (QED) is 0.771. The third-order valence-electron chi connectivity index (χ3n) is 2.71. The van der Waals surface area contributed by atoms with E-state index in [0.717, 1.165) is 16.6 Å². The molecule has 1 aromatic heterocycles. The maximum atomic E-state index is 12.1. The molecule has 0 aliphatic carbocycles. The molecule has 0 saturated carbocycles.